The summed E-state index contributed by atoms with van der Waals surface area (Å²) in [7, 11) is -3.74. The molecule has 3 N–H and O–H groups in total. The third kappa shape index (κ3) is 3.52. The molecule has 0 saturated carbocycles. The van der Waals surface area contributed by atoms with Gasteiger partial charge in [-0.25, -0.2) is 13.1 Å². The molecule has 1 aromatic carbocycles. The number of sulfonamides is 1. The highest BCUT2D eigenvalue weighted by atomic mass is 35.5. The van der Waals surface area contributed by atoms with Crippen molar-refractivity contribution in [1.82, 2.24) is 4.72 Å². The van der Waals surface area contributed by atoms with E-state index in [1.54, 1.807) is 6.07 Å². The van der Waals surface area contributed by atoms with Gasteiger partial charge in [0.2, 0.25) is 10.0 Å². The summed E-state index contributed by atoms with van der Waals surface area (Å²) in [6, 6.07) is 4.72. The maximum absolute atomic E-state index is 12.3. The van der Waals surface area contributed by atoms with Gasteiger partial charge in [0.15, 0.2) is 0 Å². The first-order chi connectivity index (χ1) is 9.44. The predicted octanol–water partition coefficient (Wildman–Crippen LogP) is 2.99. The van der Waals surface area contributed by atoms with Crippen LogP contribution < -0.4 is 10.5 Å². The molecule has 0 fully saturated rings. The van der Waals surface area contributed by atoms with Crippen molar-refractivity contribution >= 4 is 44.6 Å². The number of hydrogen-bond donors (Lipinski definition) is 2. The summed E-state index contributed by atoms with van der Waals surface area (Å²) in [5.41, 5.74) is 6.91. The molecule has 0 atom stereocenters. The van der Waals surface area contributed by atoms with Crippen LogP contribution in [0.3, 0.4) is 0 Å². The second-order valence-corrected chi connectivity index (χ2v) is 7.37. The number of benzene rings is 1. The molecule has 1 heterocycles. The third-order valence-electron chi connectivity index (χ3n) is 2.64. The van der Waals surface area contributed by atoms with Crippen LogP contribution in [0.15, 0.2) is 33.9 Å². The van der Waals surface area contributed by atoms with Crippen LogP contribution in [0.2, 0.25) is 10.0 Å². The smallest absolute Gasteiger partial charge is 0.242 e. The lowest BCUT2D eigenvalue weighted by Crippen LogP contribution is -2.23. The average molecular weight is 351 g/mol. The normalized spacial score (nSPS) is 11.8. The van der Waals surface area contributed by atoms with Gasteiger partial charge in [-0.2, -0.15) is 11.3 Å². The number of hydrogen-bond acceptors (Lipinski definition) is 4. The van der Waals surface area contributed by atoms with E-state index in [1.165, 1.54) is 17.4 Å². The first kappa shape index (κ1) is 15.8. The van der Waals surface area contributed by atoms with Gasteiger partial charge in [-0.3, -0.25) is 0 Å². The minimum absolute atomic E-state index is 0.0534. The zero-order valence-corrected chi connectivity index (χ0v) is 13.4. The Hall–Kier alpha value is -0.630. The van der Waals surface area contributed by atoms with E-state index in [9.17, 15) is 8.42 Å². The average Bonchev–Trinajstić information content (AvgIpc) is 2.92. The van der Waals surface area contributed by atoms with Gasteiger partial charge in [-0.05, 0) is 40.1 Å². The molecular formula is C12H12Cl2N2O2S2. The van der Waals surface area contributed by atoms with Crippen LogP contribution >= 0.6 is 34.5 Å². The molecule has 4 nitrogen and oxygen atoms in total. The Morgan fingerprint density at radius 2 is 2.05 bits per heavy atom. The van der Waals surface area contributed by atoms with Crippen molar-refractivity contribution in [1.29, 1.82) is 0 Å². The van der Waals surface area contributed by atoms with Gasteiger partial charge >= 0.3 is 0 Å². The zero-order chi connectivity index (χ0) is 14.8. The van der Waals surface area contributed by atoms with Crippen molar-refractivity contribution in [2.24, 2.45) is 5.73 Å². The van der Waals surface area contributed by atoms with E-state index >= 15 is 0 Å². The van der Waals surface area contributed by atoms with E-state index in [0.717, 1.165) is 5.56 Å². The lowest BCUT2D eigenvalue weighted by molar-refractivity contribution is 0.581. The quantitative estimate of drug-likeness (QED) is 0.870. The Morgan fingerprint density at radius 3 is 2.65 bits per heavy atom. The number of thiophene rings is 1. The standard InChI is InChI=1S/C12H12Cl2N2O2S2/c13-10-3-9(5-15)12(14)11(4-10)20(17,18)16-6-8-1-2-19-7-8/h1-4,7,16H,5-6,15H2. The van der Waals surface area contributed by atoms with E-state index in [2.05, 4.69) is 4.72 Å². The first-order valence-electron chi connectivity index (χ1n) is 5.63. The molecule has 0 aliphatic heterocycles. The molecule has 0 aliphatic rings. The van der Waals surface area contributed by atoms with Gasteiger partial charge in [0.1, 0.15) is 4.90 Å². The maximum Gasteiger partial charge on any atom is 0.242 e. The Balaban J connectivity index is 2.31. The Labute approximate surface area is 131 Å². The van der Waals surface area contributed by atoms with Crippen molar-refractivity contribution in [2.45, 2.75) is 18.0 Å². The van der Waals surface area contributed by atoms with E-state index in [-0.39, 0.29) is 28.0 Å². The first-order valence-corrected chi connectivity index (χ1v) is 8.81. The van der Waals surface area contributed by atoms with Crippen LogP contribution in [0.4, 0.5) is 0 Å². The molecule has 20 heavy (non-hydrogen) atoms. The summed E-state index contributed by atoms with van der Waals surface area (Å²) in [5.74, 6) is 0. The Morgan fingerprint density at radius 1 is 1.30 bits per heavy atom. The van der Waals surface area contributed by atoms with Crippen molar-refractivity contribution < 1.29 is 8.42 Å². The van der Waals surface area contributed by atoms with Gasteiger partial charge in [-0.15, -0.1) is 0 Å². The number of rotatable bonds is 5. The second kappa shape index (κ2) is 6.43. The molecule has 0 saturated heterocycles. The molecule has 8 heteroatoms. The van der Waals surface area contributed by atoms with Gasteiger partial charge in [0, 0.05) is 18.1 Å². The fraction of sp³-hybridized carbons (Fsp3) is 0.167. The zero-order valence-electron chi connectivity index (χ0n) is 10.3. The third-order valence-corrected chi connectivity index (χ3v) is 5.57. The van der Waals surface area contributed by atoms with Crippen LogP contribution in [0.1, 0.15) is 11.1 Å². The van der Waals surface area contributed by atoms with Crippen LogP contribution in [-0.2, 0) is 23.1 Å². The minimum atomic E-state index is -3.74. The van der Waals surface area contributed by atoms with Gasteiger partial charge < -0.3 is 5.73 Å². The van der Waals surface area contributed by atoms with Gasteiger partial charge in [-0.1, -0.05) is 23.2 Å². The van der Waals surface area contributed by atoms with Gasteiger partial charge in [0.05, 0.1) is 5.02 Å². The molecule has 0 unspecified atom stereocenters. The summed E-state index contributed by atoms with van der Waals surface area (Å²) in [5, 5.41) is 4.14. The monoisotopic (exact) mass is 350 g/mol. The van der Waals surface area contributed by atoms with Crippen molar-refractivity contribution in [3.63, 3.8) is 0 Å². The fourth-order valence-corrected chi connectivity index (χ4v) is 4.24. The van der Waals surface area contributed by atoms with Crippen molar-refractivity contribution in [2.75, 3.05) is 0 Å². The number of halogens is 2. The molecule has 0 aliphatic carbocycles. The molecule has 0 radical (unpaired) electrons. The summed E-state index contributed by atoms with van der Waals surface area (Å²) >= 11 is 13.5. The summed E-state index contributed by atoms with van der Waals surface area (Å²) in [4.78, 5) is -0.0534. The Kier molecular flexibility index (Phi) is 5.06. The van der Waals surface area contributed by atoms with Crippen LogP contribution in [-0.4, -0.2) is 8.42 Å². The fourth-order valence-electron chi connectivity index (χ4n) is 1.61. The van der Waals surface area contributed by atoms with E-state index in [0.29, 0.717) is 5.56 Å². The molecular weight excluding hydrogens is 339 g/mol. The summed E-state index contributed by atoms with van der Waals surface area (Å²) in [6.07, 6.45) is 0. The molecule has 0 bridgehead atoms. The molecule has 0 spiro atoms. The lowest BCUT2D eigenvalue weighted by atomic mass is 10.2. The minimum Gasteiger partial charge on any atom is -0.326 e. The SMILES string of the molecule is NCc1cc(Cl)cc(S(=O)(=O)NCc2ccsc2)c1Cl. The van der Waals surface area contributed by atoms with Crippen molar-refractivity contribution in [3.8, 4) is 0 Å². The number of nitrogens with two attached hydrogens (primary N) is 1. The van der Waals surface area contributed by atoms with E-state index in [4.69, 9.17) is 28.9 Å². The summed E-state index contributed by atoms with van der Waals surface area (Å²) in [6.45, 7) is 0.319. The van der Waals surface area contributed by atoms with E-state index < -0.39 is 10.0 Å². The highest BCUT2D eigenvalue weighted by Crippen LogP contribution is 2.29. The molecule has 2 aromatic rings. The van der Waals surface area contributed by atoms with Gasteiger partial charge in [0.25, 0.3) is 0 Å². The molecule has 2 rings (SSSR count). The molecule has 108 valence electrons. The molecule has 0 amide bonds. The summed E-state index contributed by atoms with van der Waals surface area (Å²) < 4.78 is 27.0. The van der Waals surface area contributed by atoms with Crippen molar-refractivity contribution in [3.05, 3.63) is 50.1 Å². The van der Waals surface area contributed by atoms with Crippen LogP contribution in [0, 0.1) is 0 Å². The highest BCUT2D eigenvalue weighted by molar-refractivity contribution is 7.89. The largest absolute Gasteiger partial charge is 0.326 e. The number of nitrogens with one attached hydrogen (secondary N) is 1. The maximum atomic E-state index is 12.3. The second-order valence-electron chi connectivity index (χ2n) is 4.04. The Bertz CT molecular complexity index is 700. The van der Waals surface area contributed by atoms with Crippen LogP contribution in [0.25, 0.3) is 0 Å². The van der Waals surface area contributed by atoms with Crippen LogP contribution in [0.5, 0.6) is 0 Å². The predicted molar refractivity (Wildman–Crippen MR) is 82.7 cm³/mol. The molecule has 1 aromatic heterocycles. The lowest BCUT2D eigenvalue weighted by Gasteiger charge is -2.11. The van der Waals surface area contributed by atoms with E-state index in [1.807, 2.05) is 16.8 Å². The highest BCUT2D eigenvalue weighted by Gasteiger charge is 2.20. The topological polar surface area (TPSA) is 72.2 Å².